The highest BCUT2D eigenvalue weighted by Crippen LogP contribution is 2.19. The molecule has 0 aliphatic carbocycles. The molecule has 30 heavy (non-hydrogen) atoms. The van der Waals surface area contributed by atoms with E-state index >= 15 is 0 Å². The molecule has 1 aliphatic rings. The molecule has 3 rings (SSSR count). The zero-order valence-electron chi connectivity index (χ0n) is 18.0. The summed E-state index contributed by atoms with van der Waals surface area (Å²) >= 11 is 0. The molecule has 1 aliphatic heterocycles. The SMILES string of the molecule is CC(C)(C)OC(=O)Nc1ccccc1C(=O)NC1CCN(Cc2ccccc2)CC1. The summed E-state index contributed by atoms with van der Waals surface area (Å²) in [5.41, 5.74) is 1.60. The van der Waals surface area contributed by atoms with Gasteiger partial charge in [-0.05, 0) is 51.3 Å². The number of likely N-dealkylation sites (tertiary alicyclic amines) is 1. The molecule has 1 heterocycles. The van der Waals surface area contributed by atoms with Crippen LogP contribution in [0, 0.1) is 0 Å². The molecule has 2 N–H and O–H groups in total. The van der Waals surface area contributed by atoms with Gasteiger partial charge in [0.15, 0.2) is 0 Å². The van der Waals surface area contributed by atoms with Crippen LogP contribution in [-0.4, -0.2) is 41.6 Å². The van der Waals surface area contributed by atoms with Crippen molar-refractivity contribution in [1.82, 2.24) is 10.2 Å². The molecule has 0 saturated carbocycles. The number of nitrogens with one attached hydrogen (secondary N) is 2. The van der Waals surface area contributed by atoms with Crippen molar-refractivity contribution in [3.05, 3.63) is 65.7 Å². The molecule has 1 saturated heterocycles. The summed E-state index contributed by atoms with van der Waals surface area (Å²) in [6, 6.07) is 17.6. The number of para-hydroxylation sites is 1. The summed E-state index contributed by atoms with van der Waals surface area (Å²) in [5, 5.41) is 5.81. The molecular formula is C24H31N3O3. The van der Waals surface area contributed by atoms with E-state index < -0.39 is 11.7 Å². The first-order valence-electron chi connectivity index (χ1n) is 10.5. The Morgan fingerprint density at radius 2 is 1.63 bits per heavy atom. The predicted octanol–water partition coefficient (Wildman–Crippen LogP) is 4.43. The first-order chi connectivity index (χ1) is 14.3. The van der Waals surface area contributed by atoms with Crippen molar-refractivity contribution in [2.24, 2.45) is 0 Å². The molecule has 2 amide bonds. The quantitative estimate of drug-likeness (QED) is 0.767. The second kappa shape index (κ2) is 9.76. The Kier molecular flexibility index (Phi) is 7.11. The highest BCUT2D eigenvalue weighted by molar-refractivity contribution is 6.02. The minimum absolute atomic E-state index is 0.124. The van der Waals surface area contributed by atoms with Crippen LogP contribution < -0.4 is 10.6 Å². The van der Waals surface area contributed by atoms with Crippen molar-refractivity contribution in [1.29, 1.82) is 0 Å². The van der Waals surface area contributed by atoms with Gasteiger partial charge in [-0.25, -0.2) is 4.79 Å². The van der Waals surface area contributed by atoms with Gasteiger partial charge in [-0.15, -0.1) is 0 Å². The second-order valence-corrected chi connectivity index (χ2v) is 8.68. The second-order valence-electron chi connectivity index (χ2n) is 8.68. The fourth-order valence-electron chi connectivity index (χ4n) is 3.54. The van der Waals surface area contributed by atoms with Gasteiger partial charge in [0.25, 0.3) is 5.91 Å². The van der Waals surface area contributed by atoms with E-state index in [2.05, 4.69) is 39.8 Å². The summed E-state index contributed by atoms with van der Waals surface area (Å²) in [6.45, 7) is 8.22. The molecule has 2 aromatic carbocycles. The third-order valence-electron chi connectivity index (χ3n) is 4.98. The molecule has 160 valence electrons. The van der Waals surface area contributed by atoms with Crippen LogP contribution in [0.1, 0.15) is 49.5 Å². The number of amides is 2. The van der Waals surface area contributed by atoms with E-state index in [1.807, 2.05) is 6.07 Å². The number of carbonyl (C=O) groups is 2. The van der Waals surface area contributed by atoms with E-state index in [0.717, 1.165) is 32.5 Å². The van der Waals surface area contributed by atoms with E-state index in [9.17, 15) is 9.59 Å². The van der Waals surface area contributed by atoms with Gasteiger partial charge in [-0.2, -0.15) is 0 Å². The highest BCUT2D eigenvalue weighted by atomic mass is 16.6. The third-order valence-corrected chi connectivity index (χ3v) is 4.98. The Morgan fingerprint density at radius 1 is 1.00 bits per heavy atom. The molecule has 6 nitrogen and oxygen atoms in total. The van der Waals surface area contributed by atoms with Crippen molar-refractivity contribution in [3.63, 3.8) is 0 Å². The van der Waals surface area contributed by atoms with E-state index in [4.69, 9.17) is 4.74 Å². The van der Waals surface area contributed by atoms with Gasteiger partial charge in [-0.3, -0.25) is 15.0 Å². The van der Waals surface area contributed by atoms with Crippen LogP contribution in [0.25, 0.3) is 0 Å². The van der Waals surface area contributed by atoms with Gasteiger partial charge >= 0.3 is 6.09 Å². The van der Waals surface area contributed by atoms with Crippen LogP contribution in [0.2, 0.25) is 0 Å². The summed E-state index contributed by atoms with van der Waals surface area (Å²) in [4.78, 5) is 27.4. The van der Waals surface area contributed by atoms with Gasteiger partial charge < -0.3 is 10.1 Å². The number of hydrogen-bond donors (Lipinski definition) is 2. The number of piperidine rings is 1. The lowest BCUT2D eigenvalue weighted by Gasteiger charge is -2.32. The normalized spacial score (nSPS) is 15.4. The van der Waals surface area contributed by atoms with Crippen molar-refractivity contribution < 1.29 is 14.3 Å². The monoisotopic (exact) mass is 409 g/mol. The van der Waals surface area contributed by atoms with E-state index in [-0.39, 0.29) is 11.9 Å². The molecule has 0 atom stereocenters. The smallest absolute Gasteiger partial charge is 0.412 e. The van der Waals surface area contributed by atoms with Gasteiger partial charge in [0.1, 0.15) is 5.60 Å². The molecule has 2 aromatic rings. The van der Waals surface area contributed by atoms with Crippen molar-refractivity contribution in [2.75, 3.05) is 18.4 Å². The summed E-state index contributed by atoms with van der Waals surface area (Å²) < 4.78 is 5.30. The van der Waals surface area contributed by atoms with E-state index in [0.29, 0.717) is 11.3 Å². The van der Waals surface area contributed by atoms with Gasteiger partial charge in [0.2, 0.25) is 0 Å². The van der Waals surface area contributed by atoms with Crippen molar-refractivity contribution in [2.45, 2.75) is 51.8 Å². The van der Waals surface area contributed by atoms with Crippen LogP contribution >= 0.6 is 0 Å². The number of carbonyl (C=O) groups excluding carboxylic acids is 2. The Labute approximate surface area is 178 Å². The largest absolute Gasteiger partial charge is 0.444 e. The Bertz CT molecular complexity index is 853. The highest BCUT2D eigenvalue weighted by Gasteiger charge is 2.23. The molecule has 6 heteroatoms. The molecular weight excluding hydrogens is 378 g/mol. The molecule has 1 fully saturated rings. The van der Waals surface area contributed by atoms with Crippen LogP contribution in [0.5, 0.6) is 0 Å². The zero-order valence-corrected chi connectivity index (χ0v) is 18.0. The Hall–Kier alpha value is -2.86. The van der Waals surface area contributed by atoms with Crippen LogP contribution in [0.4, 0.5) is 10.5 Å². The maximum atomic E-state index is 12.9. The number of hydrogen-bond acceptors (Lipinski definition) is 4. The minimum atomic E-state index is -0.602. The van der Waals surface area contributed by atoms with Crippen LogP contribution in [-0.2, 0) is 11.3 Å². The van der Waals surface area contributed by atoms with Crippen LogP contribution in [0.3, 0.4) is 0 Å². The standard InChI is InChI=1S/C24H31N3O3/c1-24(2,3)30-23(29)26-21-12-8-7-11-20(21)22(28)25-19-13-15-27(16-14-19)17-18-9-5-4-6-10-18/h4-12,19H,13-17H2,1-3H3,(H,25,28)(H,26,29). The molecule has 0 aromatic heterocycles. The molecule has 0 unspecified atom stereocenters. The number of rotatable bonds is 5. The predicted molar refractivity (Wildman–Crippen MR) is 119 cm³/mol. The van der Waals surface area contributed by atoms with Crippen molar-refractivity contribution in [3.8, 4) is 0 Å². The first kappa shape index (κ1) is 21.8. The maximum Gasteiger partial charge on any atom is 0.412 e. The molecule has 0 spiro atoms. The lowest BCUT2D eigenvalue weighted by atomic mass is 10.0. The lowest BCUT2D eigenvalue weighted by Crippen LogP contribution is -2.44. The average Bonchev–Trinajstić information content (AvgIpc) is 2.69. The lowest BCUT2D eigenvalue weighted by molar-refractivity contribution is 0.0636. The number of nitrogens with zero attached hydrogens (tertiary/aromatic N) is 1. The van der Waals surface area contributed by atoms with Gasteiger partial charge in [0, 0.05) is 25.7 Å². The van der Waals surface area contributed by atoms with E-state index in [1.54, 1.807) is 45.0 Å². The van der Waals surface area contributed by atoms with Gasteiger partial charge in [-0.1, -0.05) is 42.5 Å². The fourth-order valence-corrected chi connectivity index (χ4v) is 3.54. The van der Waals surface area contributed by atoms with Gasteiger partial charge in [0.05, 0.1) is 11.3 Å². The Balaban J connectivity index is 1.53. The Morgan fingerprint density at radius 3 is 2.30 bits per heavy atom. The zero-order chi connectivity index (χ0) is 21.6. The summed E-state index contributed by atoms with van der Waals surface area (Å²) in [6.07, 6.45) is 1.23. The number of anilines is 1. The maximum absolute atomic E-state index is 12.9. The van der Waals surface area contributed by atoms with Crippen molar-refractivity contribution >= 4 is 17.7 Å². The topological polar surface area (TPSA) is 70.7 Å². The number of benzene rings is 2. The first-order valence-corrected chi connectivity index (χ1v) is 10.5. The summed E-state index contributed by atoms with van der Waals surface area (Å²) in [7, 11) is 0. The number of ether oxygens (including phenoxy) is 1. The van der Waals surface area contributed by atoms with E-state index in [1.165, 1.54) is 5.56 Å². The third kappa shape index (κ3) is 6.59. The minimum Gasteiger partial charge on any atom is -0.444 e. The average molecular weight is 410 g/mol. The molecule has 0 radical (unpaired) electrons. The van der Waals surface area contributed by atoms with Crippen LogP contribution in [0.15, 0.2) is 54.6 Å². The fraction of sp³-hybridized carbons (Fsp3) is 0.417. The molecule has 0 bridgehead atoms. The summed E-state index contributed by atoms with van der Waals surface area (Å²) in [5.74, 6) is -0.178.